The molecular weight excluding hydrogens is 262 g/mol. The highest BCUT2D eigenvalue weighted by Crippen LogP contribution is 2.24. The van der Waals surface area contributed by atoms with Crippen LogP contribution in [0.1, 0.15) is 38.3 Å². The molecule has 0 aliphatic heterocycles. The van der Waals surface area contributed by atoms with E-state index in [1.165, 1.54) is 0 Å². The molecule has 1 rings (SSSR count). The third kappa shape index (κ3) is 4.72. The van der Waals surface area contributed by atoms with Gasteiger partial charge in [-0.2, -0.15) is 8.78 Å². The second kappa shape index (κ2) is 8.17. The number of benzene rings is 1. The zero-order valence-corrected chi connectivity index (χ0v) is 12.4. The minimum Gasteiger partial charge on any atom is -0.435 e. The highest BCUT2D eigenvalue weighted by Gasteiger charge is 2.20. The lowest BCUT2D eigenvalue weighted by atomic mass is 10.0. The van der Waals surface area contributed by atoms with Crippen molar-refractivity contribution < 1.29 is 13.5 Å². The SMILES string of the molecule is CCCC(C)N(C)C(CN)c1ccc(OC(F)F)cc1. The van der Waals surface area contributed by atoms with E-state index >= 15 is 0 Å². The van der Waals surface area contributed by atoms with Crippen molar-refractivity contribution in [1.29, 1.82) is 0 Å². The van der Waals surface area contributed by atoms with Crippen LogP contribution in [0.25, 0.3) is 0 Å². The molecule has 0 fully saturated rings. The van der Waals surface area contributed by atoms with E-state index in [1.54, 1.807) is 24.3 Å². The quantitative estimate of drug-likeness (QED) is 0.796. The van der Waals surface area contributed by atoms with E-state index in [4.69, 9.17) is 5.73 Å². The van der Waals surface area contributed by atoms with Crippen molar-refractivity contribution in [1.82, 2.24) is 4.90 Å². The Morgan fingerprint density at radius 3 is 2.30 bits per heavy atom. The zero-order valence-electron chi connectivity index (χ0n) is 12.4. The molecule has 2 atom stereocenters. The lowest BCUT2D eigenvalue weighted by Gasteiger charge is -2.32. The van der Waals surface area contributed by atoms with Crippen LogP contribution < -0.4 is 10.5 Å². The normalized spacial score (nSPS) is 14.6. The molecular formula is C15H24F2N2O. The monoisotopic (exact) mass is 286 g/mol. The van der Waals surface area contributed by atoms with Crippen molar-refractivity contribution in [3.8, 4) is 5.75 Å². The third-order valence-corrected chi connectivity index (χ3v) is 3.61. The molecule has 3 nitrogen and oxygen atoms in total. The van der Waals surface area contributed by atoms with Crippen molar-refractivity contribution in [2.45, 2.75) is 45.4 Å². The highest BCUT2D eigenvalue weighted by molar-refractivity contribution is 5.29. The maximum atomic E-state index is 12.1. The van der Waals surface area contributed by atoms with Gasteiger partial charge in [-0.05, 0) is 38.1 Å². The molecule has 0 amide bonds. The highest BCUT2D eigenvalue weighted by atomic mass is 19.3. The first-order valence-corrected chi connectivity index (χ1v) is 6.96. The number of alkyl halides is 2. The minimum atomic E-state index is -2.79. The van der Waals surface area contributed by atoms with Gasteiger partial charge in [0.05, 0.1) is 0 Å². The van der Waals surface area contributed by atoms with Crippen LogP contribution in [0.4, 0.5) is 8.78 Å². The molecule has 0 saturated carbocycles. The number of nitrogens with two attached hydrogens (primary N) is 1. The number of rotatable bonds is 8. The molecule has 20 heavy (non-hydrogen) atoms. The molecule has 5 heteroatoms. The van der Waals surface area contributed by atoms with Crippen LogP contribution in [-0.4, -0.2) is 31.1 Å². The lowest BCUT2D eigenvalue weighted by molar-refractivity contribution is -0.0498. The van der Waals surface area contributed by atoms with Crippen LogP contribution >= 0.6 is 0 Å². The van der Waals surface area contributed by atoms with Crippen LogP contribution in [0.5, 0.6) is 5.75 Å². The second-order valence-electron chi connectivity index (χ2n) is 5.00. The van der Waals surface area contributed by atoms with E-state index < -0.39 is 6.61 Å². The van der Waals surface area contributed by atoms with Gasteiger partial charge in [-0.15, -0.1) is 0 Å². The van der Waals surface area contributed by atoms with Gasteiger partial charge in [0.25, 0.3) is 0 Å². The minimum absolute atomic E-state index is 0.0807. The van der Waals surface area contributed by atoms with Crippen molar-refractivity contribution in [3.63, 3.8) is 0 Å². The number of ether oxygens (including phenoxy) is 1. The summed E-state index contributed by atoms with van der Waals surface area (Å²) in [5.74, 6) is 0.170. The van der Waals surface area contributed by atoms with E-state index in [9.17, 15) is 8.78 Å². The molecule has 0 heterocycles. The summed E-state index contributed by atoms with van der Waals surface area (Å²) < 4.78 is 28.6. The van der Waals surface area contributed by atoms with Crippen LogP contribution in [0.2, 0.25) is 0 Å². The van der Waals surface area contributed by atoms with E-state index in [0.29, 0.717) is 12.6 Å². The predicted molar refractivity (Wildman–Crippen MR) is 77.0 cm³/mol. The Kier molecular flexibility index (Phi) is 6.88. The van der Waals surface area contributed by atoms with Gasteiger partial charge in [-0.25, -0.2) is 0 Å². The number of nitrogens with zero attached hydrogens (tertiary/aromatic N) is 1. The first-order valence-electron chi connectivity index (χ1n) is 6.96. The molecule has 114 valence electrons. The summed E-state index contributed by atoms with van der Waals surface area (Å²) in [6, 6.07) is 7.21. The Labute approximate surface area is 119 Å². The van der Waals surface area contributed by atoms with Gasteiger partial charge in [-0.1, -0.05) is 25.5 Å². The molecule has 0 radical (unpaired) electrons. The average Bonchev–Trinajstić information content (AvgIpc) is 2.41. The smallest absolute Gasteiger partial charge is 0.387 e. The molecule has 2 N–H and O–H groups in total. The third-order valence-electron chi connectivity index (χ3n) is 3.61. The zero-order chi connectivity index (χ0) is 15.1. The fourth-order valence-corrected chi connectivity index (χ4v) is 2.34. The molecule has 2 unspecified atom stereocenters. The van der Waals surface area contributed by atoms with Gasteiger partial charge in [0.2, 0.25) is 0 Å². The largest absolute Gasteiger partial charge is 0.435 e. The molecule has 0 bridgehead atoms. The Hall–Kier alpha value is -1.20. The molecule has 0 aromatic heterocycles. The second-order valence-corrected chi connectivity index (χ2v) is 5.00. The van der Waals surface area contributed by atoms with Crippen molar-refractivity contribution in [2.75, 3.05) is 13.6 Å². The van der Waals surface area contributed by atoms with Crippen molar-refractivity contribution >= 4 is 0 Å². The van der Waals surface area contributed by atoms with Crippen LogP contribution in [0, 0.1) is 0 Å². The molecule has 1 aromatic carbocycles. The van der Waals surface area contributed by atoms with E-state index in [2.05, 4.69) is 23.5 Å². The molecule has 1 aromatic rings. The summed E-state index contributed by atoms with van der Waals surface area (Å²) in [6.07, 6.45) is 2.21. The standard InChI is InChI=1S/C15H24F2N2O/c1-4-5-11(2)19(3)14(10-18)12-6-8-13(9-7-12)20-15(16)17/h6-9,11,14-15H,4-5,10,18H2,1-3H3. The Balaban J connectivity index is 2.79. The fraction of sp³-hybridized carbons (Fsp3) is 0.600. The van der Waals surface area contributed by atoms with Crippen LogP contribution in [0.3, 0.4) is 0 Å². The van der Waals surface area contributed by atoms with Crippen molar-refractivity contribution in [3.05, 3.63) is 29.8 Å². The summed E-state index contributed by atoms with van der Waals surface area (Å²) in [4.78, 5) is 2.23. The molecule has 0 aliphatic rings. The van der Waals surface area contributed by atoms with E-state index in [1.807, 2.05) is 7.05 Å². The molecule has 0 aliphatic carbocycles. The van der Waals surface area contributed by atoms with Gasteiger partial charge >= 0.3 is 6.61 Å². The number of likely N-dealkylation sites (N-methyl/N-ethyl adjacent to an activating group) is 1. The molecule has 0 spiro atoms. The summed E-state index contributed by atoms with van der Waals surface area (Å²) in [5.41, 5.74) is 6.88. The summed E-state index contributed by atoms with van der Waals surface area (Å²) >= 11 is 0. The summed E-state index contributed by atoms with van der Waals surface area (Å²) in [6.45, 7) is 2.01. The number of hydrogen-bond donors (Lipinski definition) is 1. The fourth-order valence-electron chi connectivity index (χ4n) is 2.34. The Bertz CT molecular complexity index is 384. The first kappa shape index (κ1) is 16.9. The average molecular weight is 286 g/mol. The topological polar surface area (TPSA) is 38.5 Å². The van der Waals surface area contributed by atoms with Gasteiger partial charge in [0.15, 0.2) is 0 Å². The summed E-state index contributed by atoms with van der Waals surface area (Å²) in [7, 11) is 2.04. The maximum absolute atomic E-state index is 12.1. The van der Waals surface area contributed by atoms with E-state index in [-0.39, 0.29) is 11.8 Å². The maximum Gasteiger partial charge on any atom is 0.387 e. The summed E-state index contributed by atoms with van der Waals surface area (Å²) in [5, 5.41) is 0. The molecule has 0 saturated heterocycles. The predicted octanol–water partition coefficient (Wildman–Crippen LogP) is 3.41. The number of halogens is 2. The van der Waals surface area contributed by atoms with E-state index in [0.717, 1.165) is 18.4 Å². The number of hydrogen-bond acceptors (Lipinski definition) is 3. The Morgan fingerprint density at radius 2 is 1.85 bits per heavy atom. The Morgan fingerprint density at radius 1 is 1.25 bits per heavy atom. The van der Waals surface area contributed by atoms with Gasteiger partial charge in [0.1, 0.15) is 5.75 Å². The van der Waals surface area contributed by atoms with Crippen LogP contribution in [-0.2, 0) is 0 Å². The van der Waals surface area contributed by atoms with Gasteiger partial charge in [-0.3, -0.25) is 4.90 Å². The van der Waals surface area contributed by atoms with Crippen LogP contribution in [0.15, 0.2) is 24.3 Å². The first-order chi connectivity index (χ1) is 9.49. The lowest BCUT2D eigenvalue weighted by Crippen LogP contribution is -2.36. The van der Waals surface area contributed by atoms with Crippen molar-refractivity contribution in [2.24, 2.45) is 5.73 Å². The van der Waals surface area contributed by atoms with Gasteiger partial charge < -0.3 is 10.5 Å². The van der Waals surface area contributed by atoms with Gasteiger partial charge in [0, 0.05) is 18.6 Å².